The van der Waals surface area contributed by atoms with Crippen LogP contribution in [0.1, 0.15) is 33.6 Å². The van der Waals surface area contributed by atoms with Gasteiger partial charge in [0, 0.05) is 0 Å². The minimum Gasteiger partial charge on any atom is -0.0850 e. The molecule has 0 nitrogen and oxygen atoms in total. The Hall–Kier alpha value is -0.260. The van der Waals surface area contributed by atoms with Crippen LogP contribution in [0.5, 0.6) is 0 Å². The second-order valence-corrected chi connectivity index (χ2v) is 4.49. The molecule has 0 unspecified atom stereocenters. The highest BCUT2D eigenvalue weighted by Crippen LogP contribution is 2.58. The molecule has 0 heteroatoms. The van der Waals surface area contributed by atoms with E-state index < -0.39 is 0 Å². The zero-order valence-electron chi connectivity index (χ0n) is 7.15. The van der Waals surface area contributed by atoms with Gasteiger partial charge in [-0.15, -0.1) is 0 Å². The molecule has 3 aliphatic rings. The van der Waals surface area contributed by atoms with Crippen LogP contribution in [0.25, 0.3) is 0 Å². The summed E-state index contributed by atoms with van der Waals surface area (Å²) in [5.41, 5.74) is 2.28. The molecule has 0 radical (unpaired) electrons. The summed E-state index contributed by atoms with van der Waals surface area (Å²) in [6, 6.07) is 0. The van der Waals surface area contributed by atoms with Gasteiger partial charge in [0.1, 0.15) is 0 Å². The predicted molar refractivity (Wildman–Crippen MR) is 43.8 cm³/mol. The quantitative estimate of drug-likeness (QED) is 0.449. The van der Waals surface area contributed by atoms with Crippen molar-refractivity contribution in [2.75, 3.05) is 0 Å². The molecule has 2 bridgehead atoms. The van der Waals surface area contributed by atoms with E-state index in [0.717, 1.165) is 11.8 Å². The van der Waals surface area contributed by atoms with Crippen molar-refractivity contribution in [3.05, 3.63) is 11.6 Å². The molecule has 10 heavy (non-hydrogen) atoms. The third-order valence-corrected chi connectivity index (χ3v) is 3.74. The van der Waals surface area contributed by atoms with E-state index in [1.54, 1.807) is 5.57 Å². The van der Waals surface area contributed by atoms with E-state index in [4.69, 9.17) is 0 Å². The van der Waals surface area contributed by atoms with Crippen molar-refractivity contribution < 1.29 is 0 Å². The van der Waals surface area contributed by atoms with E-state index in [0.29, 0.717) is 5.41 Å². The molecular formula is C10H16. The fourth-order valence-electron chi connectivity index (χ4n) is 2.66. The molecule has 0 N–H and O–H groups in total. The van der Waals surface area contributed by atoms with Gasteiger partial charge in [0.25, 0.3) is 0 Å². The second kappa shape index (κ2) is 1.66. The first-order valence-electron chi connectivity index (χ1n) is 4.29. The van der Waals surface area contributed by atoms with Gasteiger partial charge in [-0.25, -0.2) is 0 Å². The van der Waals surface area contributed by atoms with Gasteiger partial charge in [0.05, 0.1) is 0 Å². The molecular weight excluding hydrogens is 120 g/mol. The normalized spacial score (nSPS) is 42.1. The summed E-state index contributed by atoms with van der Waals surface area (Å²) >= 11 is 0. The lowest BCUT2D eigenvalue weighted by Gasteiger charge is -2.56. The SMILES string of the molecule is CC1=CC[C@H]2C[C@H]1C2(C)C. The van der Waals surface area contributed by atoms with E-state index in [1.165, 1.54) is 12.8 Å². The summed E-state index contributed by atoms with van der Waals surface area (Å²) in [6.07, 6.45) is 5.24. The first-order chi connectivity index (χ1) is 4.62. The predicted octanol–water partition coefficient (Wildman–Crippen LogP) is 3.00. The standard InChI is InChI=1S/C10H16/c1-7-4-5-8-6-9(7)10(8,2)3/h4,8-9H,5-6H2,1-3H3/t8-,9+/m0/s1. The Morgan fingerprint density at radius 3 is 2.50 bits per heavy atom. The van der Waals surface area contributed by atoms with Gasteiger partial charge in [-0.2, -0.15) is 0 Å². The molecule has 56 valence electrons. The molecule has 3 rings (SSSR count). The number of hydrogen-bond acceptors (Lipinski definition) is 0. The molecule has 0 aromatic rings. The van der Waals surface area contributed by atoms with Crippen molar-refractivity contribution in [3.63, 3.8) is 0 Å². The Bertz CT molecular complexity index is 186. The van der Waals surface area contributed by atoms with E-state index in [-0.39, 0.29) is 0 Å². The summed E-state index contributed by atoms with van der Waals surface area (Å²) in [7, 11) is 0. The van der Waals surface area contributed by atoms with Crippen molar-refractivity contribution in [1.29, 1.82) is 0 Å². The average molecular weight is 136 g/mol. The molecule has 0 aliphatic heterocycles. The van der Waals surface area contributed by atoms with Crippen LogP contribution in [-0.2, 0) is 0 Å². The van der Waals surface area contributed by atoms with Crippen LogP contribution in [-0.4, -0.2) is 0 Å². The molecule has 0 spiro atoms. The Morgan fingerprint density at radius 1 is 1.50 bits per heavy atom. The number of fused-ring (bicyclic) bond motifs is 1. The molecule has 0 saturated heterocycles. The topological polar surface area (TPSA) is 0 Å². The smallest absolute Gasteiger partial charge is 0.0149 e. The Kier molecular flexibility index (Phi) is 1.07. The number of rotatable bonds is 0. The summed E-state index contributed by atoms with van der Waals surface area (Å²) in [5, 5.41) is 0. The van der Waals surface area contributed by atoms with Crippen LogP contribution in [0.3, 0.4) is 0 Å². The molecule has 0 aromatic heterocycles. The third-order valence-electron chi connectivity index (χ3n) is 3.74. The van der Waals surface area contributed by atoms with Crippen LogP contribution in [0.15, 0.2) is 11.6 Å². The fourth-order valence-corrected chi connectivity index (χ4v) is 2.66. The van der Waals surface area contributed by atoms with Gasteiger partial charge in [-0.05, 0) is 37.0 Å². The maximum Gasteiger partial charge on any atom is -0.0149 e. The van der Waals surface area contributed by atoms with Crippen molar-refractivity contribution in [3.8, 4) is 0 Å². The first kappa shape index (κ1) is 6.45. The second-order valence-electron chi connectivity index (χ2n) is 4.49. The molecule has 0 heterocycles. The highest BCUT2D eigenvalue weighted by atomic mass is 14.5. The highest BCUT2D eigenvalue weighted by molar-refractivity contribution is 5.21. The summed E-state index contributed by atoms with van der Waals surface area (Å²) < 4.78 is 0. The summed E-state index contributed by atoms with van der Waals surface area (Å²) in [6.45, 7) is 7.13. The molecule has 3 aliphatic carbocycles. The van der Waals surface area contributed by atoms with Crippen molar-refractivity contribution in [2.45, 2.75) is 33.6 Å². The maximum absolute atomic E-state index is 2.43. The lowest BCUT2D eigenvalue weighted by atomic mass is 9.49. The molecule has 2 atom stereocenters. The lowest BCUT2D eigenvalue weighted by molar-refractivity contribution is -0.00579. The van der Waals surface area contributed by atoms with Crippen molar-refractivity contribution in [2.24, 2.45) is 17.3 Å². The first-order valence-corrected chi connectivity index (χ1v) is 4.29. The van der Waals surface area contributed by atoms with E-state index >= 15 is 0 Å². The monoisotopic (exact) mass is 136 g/mol. The minimum atomic E-state index is 0.638. The van der Waals surface area contributed by atoms with Crippen LogP contribution >= 0.6 is 0 Å². The van der Waals surface area contributed by atoms with Gasteiger partial charge in [0.2, 0.25) is 0 Å². The zero-order chi connectivity index (χ0) is 7.35. The van der Waals surface area contributed by atoms with E-state index in [2.05, 4.69) is 26.8 Å². The molecule has 0 aromatic carbocycles. The highest BCUT2D eigenvalue weighted by Gasteiger charge is 2.49. The molecule has 1 fully saturated rings. The minimum absolute atomic E-state index is 0.638. The Labute approximate surface area is 63.3 Å². The van der Waals surface area contributed by atoms with Gasteiger partial charge < -0.3 is 0 Å². The Balaban J connectivity index is 2.30. The average Bonchev–Trinajstić information content (AvgIpc) is 1.87. The van der Waals surface area contributed by atoms with E-state index in [1.807, 2.05) is 0 Å². The van der Waals surface area contributed by atoms with Gasteiger partial charge in [-0.1, -0.05) is 25.5 Å². The van der Waals surface area contributed by atoms with Crippen LogP contribution in [0.2, 0.25) is 0 Å². The van der Waals surface area contributed by atoms with Gasteiger partial charge in [0.15, 0.2) is 0 Å². The molecule has 0 amide bonds. The van der Waals surface area contributed by atoms with Crippen molar-refractivity contribution >= 4 is 0 Å². The largest absolute Gasteiger partial charge is 0.0850 e. The fraction of sp³-hybridized carbons (Fsp3) is 0.800. The summed E-state index contributed by atoms with van der Waals surface area (Å²) in [5.74, 6) is 1.92. The van der Waals surface area contributed by atoms with Gasteiger partial charge >= 0.3 is 0 Å². The summed E-state index contributed by atoms with van der Waals surface area (Å²) in [4.78, 5) is 0. The van der Waals surface area contributed by atoms with Crippen molar-refractivity contribution in [1.82, 2.24) is 0 Å². The third kappa shape index (κ3) is 0.574. The zero-order valence-corrected chi connectivity index (χ0v) is 7.15. The maximum atomic E-state index is 2.43. The van der Waals surface area contributed by atoms with Crippen LogP contribution in [0.4, 0.5) is 0 Å². The Morgan fingerprint density at radius 2 is 2.20 bits per heavy atom. The lowest BCUT2D eigenvalue weighted by Crippen LogP contribution is -2.47. The van der Waals surface area contributed by atoms with E-state index in [9.17, 15) is 0 Å². The van der Waals surface area contributed by atoms with Crippen LogP contribution < -0.4 is 0 Å². The van der Waals surface area contributed by atoms with Gasteiger partial charge in [-0.3, -0.25) is 0 Å². The van der Waals surface area contributed by atoms with Crippen LogP contribution in [0, 0.1) is 17.3 Å². The molecule has 1 saturated carbocycles. The number of hydrogen-bond donors (Lipinski definition) is 0. The number of allylic oxidation sites excluding steroid dienone is 2.